The van der Waals surface area contributed by atoms with Gasteiger partial charge in [0.15, 0.2) is 0 Å². The van der Waals surface area contributed by atoms with Gasteiger partial charge in [0.1, 0.15) is 11.6 Å². The van der Waals surface area contributed by atoms with Crippen molar-refractivity contribution < 1.29 is 4.74 Å². The Morgan fingerprint density at radius 3 is 2.52 bits per heavy atom. The Morgan fingerprint density at radius 1 is 1.13 bits per heavy atom. The molecule has 2 rings (SSSR count). The second kappa shape index (κ2) is 8.36. The smallest absolute Gasteiger partial charge is 0.222 e. The molecule has 2 aromatic rings. The molecule has 0 aliphatic carbocycles. The lowest BCUT2D eigenvalue weighted by Gasteiger charge is -2.14. The number of aromatic nitrogens is 2. The molecule has 0 saturated carbocycles. The van der Waals surface area contributed by atoms with E-state index in [1.165, 1.54) is 18.4 Å². The largest absolute Gasteiger partial charge is 0.497 e. The maximum atomic E-state index is 5.81. The molecule has 0 aliphatic rings. The van der Waals surface area contributed by atoms with Crippen LogP contribution in [-0.4, -0.2) is 23.6 Å². The summed E-state index contributed by atoms with van der Waals surface area (Å²) in [6.45, 7) is 5.08. The molecule has 5 heteroatoms. The number of ether oxygens (including phenoxy) is 1. The molecule has 0 aliphatic heterocycles. The summed E-state index contributed by atoms with van der Waals surface area (Å²) < 4.78 is 5.21. The quantitative estimate of drug-likeness (QED) is 0.729. The first-order valence-corrected chi connectivity index (χ1v) is 8.13. The number of nitrogen functional groups attached to an aromatic ring is 1. The van der Waals surface area contributed by atoms with Gasteiger partial charge in [0, 0.05) is 24.2 Å². The van der Waals surface area contributed by atoms with Gasteiger partial charge in [-0.05, 0) is 31.0 Å². The van der Waals surface area contributed by atoms with Crippen LogP contribution < -0.4 is 15.8 Å². The van der Waals surface area contributed by atoms with E-state index in [0.29, 0.717) is 5.95 Å². The third-order valence-corrected chi connectivity index (χ3v) is 3.84. The molecule has 3 N–H and O–H groups in total. The molecule has 0 amide bonds. The minimum atomic E-state index is 0.318. The van der Waals surface area contributed by atoms with E-state index < -0.39 is 0 Å². The van der Waals surface area contributed by atoms with Crippen LogP contribution in [0.5, 0.6) is 5.75 Å². The number of aryl methyl sites for hydroxylation is 1. The lowest BCUT2D eigenvalue weighted by molar-refractivity contribution is 0.414. The lowest BCUT2D eigenvalue weighted by atomic mass is 10.0. The molecule has 1 aromatic heterocycles. The number of hydrogen-bond acceptors (Lipinski definition) is 5. The SMILES string of the molecule is CCCCCNc1nc(N)nc(C)c1Cc1ccc(OC)cc1. The number of nitrogens with zero attached hydrogens (tertiary/aromatic N) is 2. The number of nitrogens with two attached hydrogens (primary N) is 1. The molecule has 1 heterocycles. The molecule has 0 bridgehead atoms. The summed E-state index contributed by atoms with van der Waals surface area (Å²) in [4.78, 5) is 8.70. The third-order valence-electron chi connectivity index (χ3n) is 3.84. The minimum absolute atomic E-state index is 0.318. The fourth-order valence-corrected chi connectivity index (χ4v) is 2.50. The Kier molecular flexibility index (Phi) is 6.20. The highest BCUT2D eigenvalue weighted by Gasteiger charge is 2.11. The van der Waals surface area contributed by atoms with Crippen LogP contribution in [0.15, 0.2) is 24.3 Å². The summed E-state index contributed by atoms with van der Waals surface area (Å²) in [7, 11) is 1.67. The van der Waals surface area contributed by atoms with Gasteiger partial charge in [0.2, 0.25) is 5.95 Å². The van der Waals surface area contributed by atoms with Crippen LogP contribution in [0.1, 0.15) is 43.0 Å². The number of anilines is 2. The second-order valence-corrected chi connectivity index (χ2v) is 5.65. The van der Waals surface area contributed by atoms with E-state index in [4.69, 9.17) is 10.5 Å². The second-order valence-electron chi connectivity index (χ2n) is 5.65. The van der Waals surface area contributed by atoms with Crippen molar-refractivity contribution in [3.63, 3.8) is 0 Å². The monoisotopic (exact) mass is 314 g/mol. The van der Waals surface area contributed by atoms with Gasteiger partial charge in [-0.1, -0.05) is 31.9 Å². The highest BCUT2D eigenvalue weighted by molar-refractivity contribution is 5.51. The van der Waals surface area contributed by atoms with Crippen molar-refractivity contribution in [3.8, 4) is 5.75 Å². The Balaban J connectivity index is 2.17. The van der Waals surface area contributed by atoms with Crippen LogP contribution in [-0.2, 0) is 6.42 Å². The van der Waals surface area contributed by atoms with Crippen LogP contribution in [0.2, 0.25) is 0 Å². The molecule has 0 unspecified atom stereocenters. The molecular formula is C18H26N4O. The Bertz CT molecular complexity index is 626. The molecule has 5 nitrogen and oxygen atoms in total. The van der Waals surface area contributed by atoms with Crippen molar-refractivity contribution in [2.24, 2.45) is 0 Å². The van der Waals surface area contributed by atoms with Gasteiger partial charge in [0.05, 0.1) is 7.11 Å². The van der Waals surface area contributed by atoms with Crippen LogP contribution >= 0.6 is 0 Å². The van der Waals surface area contributed by atoms with E-state index in [1.54, 1.807) is 7.11 Å². The Morgan fingerprint density at radius 2 is 1.87 bits per heavy atom. The van der Waals surface area contributed by atoms with Crippen LogP contribution in [0.25, 0.3) is 0 Å². The molecule has 1 aromatic carbocycles. The summed E-state index contributed by atoms with van der Waals surface area (Å²) in [5.41, 5.74) is 9.03. The van der Waals surface area contributed by atoms with Gasteiger partial charge in [-0.25, -0.2) is 4.98 Å². The zero-order chi connectivity index (χ0) is 16.7. The molecular weight excluding hydrogens is 288 g/mol. The van der Waals surface area contributed by atoms with Gasteiger partial charge >= 0.3 is 0 Å². The summed E-state index contributed by atoms with van der Waals surface area (Å²) in [5, 5.41) is 3.42. The number of nitrogens with one attached hydrogen (secondary N) is 1. The van der Waals surface area contributed by atoms with E-state index in [-0.39, 0.29) is 0 Å². The summed E-state index contributed by atoms with van der Waals surface area (Å²) in [5.74, 6) is 2.03. The number of hydrogen-bond donors (Lipinski definition) is 2. The van der Waals surface area contributed by atoms with E-state index in [0.717, 1.165) is 42.2 Å². The molecule has 0 atom stereocenters. The van der Waals surface area contributed by atoms with Crippen molar-refractivity contribution in [3.05, 3.63) is 41.1 Å². The molecule has 0 spiro atoms. The fourth-order valence-electron chi connectivity index (χ4n) is 2.50. The molecule has 0 saturated heterocycles. The minimum Gasteiger partial charge on any atom is -0.497 e. The van der Waals surface area contributed by atoms with Gasteiger partial charge in [-0.15, -0.1) is 0 Å². The molecule has 0 fully saturated rings. The predicted octanol–water partition coefficient (Wildman–Crippen LogP) is 3.57. The Hall–Kier alpha value is -2.30. The van der Waals surface area contributed by atoms with Gasteiger partial charge in [0.25, 0.3) is 0 Å². The van der Waals surface area contributed by atoms with Gasteiger partial charge in [-0.3, -0.25) is 0 Å². The first-order valence-electron chi connectivity index (χ1n) is 8.13. The van der Waals surface area contributed by atoms with Crippen molar-refractivity contribution in [1.82, 2.24) is 9.97 Å². The standard InChI is InChI=1S/C18H26N4O/c1-4-5-6-11-20-17-16(13(2)21-18(19)22-17)12-14-7-9-15(23-3)10-8-14/h7-10H,4-6,11-12H2,1-3H3,(H3,19,20,21,22). The number of unbranched alkanes of at least 4 members (excludes halogenated alkanes) is 2. The van der Waals surface area contributed by atoms with Gasteiger partial charge < -0.3 is 15.8 Å². The highest BCUT2D eigenvalue weighted by Crippen LogP contribution is 2.22. The maximum absolute atomic E-state index is 5.81. The summed E-state index contributed by atoms with van der Waals surface area (Å²) in [6.07, 6.45) is 4.30. The molecule has 23 heavy (non-hydrogen) atoms. The number of methoxy groups -OCH3 is 1. The van der Waals surface area contributed by atoms with E-state index >= 15 is 0 Å². The van der Waals surface area contributed by atoms with Crippen LogP contribution in [0, 0.1) is 6.92 Å². The fraction of sp³-hybridized carbons (Fsp3) is 0.444. The first-order chi connectivity index (χ1) is 11.1. The van der Waals surface area contributed by atoms with Crippen LogP contribution in [0.3, 0.4) is 0 Å². The van der Waals surface area contributed by atoms with Gasteiger partial charge in [-0.2, -0.15) is 4.98 Å². The lowest BCUT2D eigenvalue weighted by Crippen LogP contribution is -2.11. The third kappa shape index (κ3) is 4.84. The highest BCUT2D eigenvalue weighted by atomic mass is 16.5. The van der Waals surface area contributed by atoms with Crippen molar-refractivity contribution in [2.75, 3.05) is 24.7 Å². The van der Waals surface area contributed by atoms with E-state index in [1.807, 2.05) is 19.1 Å². The summed E-state index contributed by atoms with van der Waals surface area (Å²) in [6, 6.07) is 8.07. The van der Waals surface area contributed by atoms with Crippen molar-refractivity contribution in [1.29, 1.82) is 0 Å². The topological polar surface area (TPSA) is 73.1 Å². The molecule has 124 valence electrons. The zero-order valence-corrected chi connectivity index (χ0v) is 14.2. The Labute approximate surface area is 138 Å². The predicted molar refractivity (Wildman–Crippen MR) is 95.0 cm³/mol. The van der Waals surface area contributed by atoms with E-state index in [2.05, 4.69) is 34.3 Å². The normalized spacial score (nSPS) is 10.6. The number of rotatable bonds is 8. The summed E-state index contributed by atoms with van der Waals surface area (Å²) >= 11 is 0. The average molecular weight is 314 g/mol. The van der Waals surface area contributed by atoms with Crippen molar-refractivity contribution in [2.45, 2.75) is 39.5 Å². The first kappa shape index (κ1) is 17.1. The van der Waals surface area contributed by atoms with Crippen molar-refractivity contribution >= 4 is 11.8 Å². The average Bonchev–Trinajstić information content (AvgIpc) is 2.55. The molecule has 0 radical (unpaired) electrons. The van der Waals surface area contributed by atoms with Crippen LogP contribution in [0.4, 0.5) is 11.8 Å². The zero-order valence-electron chi connectivity index (χ0n) is 14.2. The maximum Gasteiger partial charge on any atom is 0.222 e. The number of benzene rings is 1. The van der Waals surface area contributed by atoms with E-state index in [9.17, 15) is 0 Å².